The van der Waals surface area contributed by atoms with E-state index in [9.17, 15) is 28.0 Å². The first-order valence-corrected chi connectivity index (χ1v) is 24.1. The van der Waals surface area contributed by atoms with Crippen LogP contribution < -0.4 is 101 Å². The third-order valence-corrected chi connectivity index (χ3v) is 13.4. The van der Waals surface area contributed by atoms with Crippen LogP contribution in [0.3, 0.4) is 0 Å². The summed E-state index contributed by atoms with van der Waals surface area (Å²) in [6.45, 7) is 9.34. The first kappa shape index (κ1) is 58.1. The van der Waals surface area contributed by atoms with Gasteiger partial charge in [0.2, 0.25) is 0 Å². The third kappa shape index (κ3) is 15.0. The summed E-state index contributed by atoms with van der Waals surface area (Å²) in [4.78, 5) is 54.9. The van der Waals surface area contributed by atoms with Crippen LogP contribution in [-0.2, 0) is 22.4 Å². The van der Waals surface area contributed by atoms with Crippen molar-refractivity contribution in [3.8, 4) is 0 Å². The molecule has 4 aromatic rings. The summed E-state index contributed by atoms with van der Waals surface area (Å²) in [5.74, 6) is 1.64. The Morgan fingerprint density at radius 2 is 1.19 bits per heavy atom. The first-order chi connectivity index (χ1) is 32.0. The molecule has 0 aliphatic carbocycles. The number of rotatable bonds is 10. The molecule has 6 aliphatic heterocycles. The molecule has 68 heavy (non-hydrogen) atoms. The Balaban J connectivity index is 0.000000220. The van der Waals surface area contributed by atoms with Gasteiger partial charge in [-0.25, -0.2) is 8.78 Å². The van der Waals surface area contributed by atoms with Crippen molar-refractivity contribution < 1.29 is 103 Å². The van der Waals surface area contributed by atoms with E-state index in [0.717, 1.165) is 58.5 Å². The number of piperidine rings is 2. The Morgan fingerprint density at radius 3 is 1.68 bits per heavy atom. The Hall–Kier alpha value is -2.48. The van der Waals surface area contributed by atoms with E-state index in [1.807, 2.05) is 21.1 Å². The number of carbonyl (C=O) groups is 4. The number of hydrogen-bond acceptors (Lipinski definition) is 10. The van der Waals surface area contributed by atoms with Gasteiger partial charge in [0.05, 0.1) is 13.1 Å². The minimum Gasteiger partial charge on any atom is -1.00 e. The average molecular weight is 1090 g/mol. The van der Waals surface area contributed by atoms with Crippen molar-refractivity contribution in [2.24, 2.45) is 0 Å². The average Bonchev–Trinajstić information content (AvgIpc) is 3.82. The van der Waals surface area contributed by atoms with Crippen LogP contribution in [0.25, 0.3) is 0 Å². The number of ketones is 4. The number of Topliss-reactive ketones (excluding diaryl/α,β-unsaturated/α-hetero) is 4. The zero-order chi connectivity index (χ0) is 47.2. The van der Waals surface area contributed by atoms with E-state index in [4.69, 9.17) is 11.6 Å². The SMILES string of the molecule is CCNC.CNC.O=C(CCCCl)c1ccc(F)cc1.O=C1Cc2cccc3c2N(C1)[C@H]1CCN(CCCC(=O)c2ccc(F)cc2)C[C@@H]31.O=C1Cc2cccc3c2N(C1)[C@H]1CCNC[C@@H]31.[I-].[K+]. The molecule has 362 valence electrons. The molecule has 10 nitrogen and oxygen atoms in total. The number of alkyl halides is 1. The van der Waals surface area contributed by atoms with E-state index in [1.165, 1.54) is 70.0 Å². The molecule has 0 aromatic heterocycles. The zero-order valence-electron chi connectivity index (χ0n) is 40.4. The van der Waals surface area contributed by atoms with E-state index < -0.39 is 0 Å². The van der Waals surface area contributed by atoms with Crippen LogP contribution in [0.1, 0.15) is 100 Å². The molecule has 6 heterocycles. The summed E-state index contributed by atoms with van der Waals surface area (Å²) >= 11 is 5.45. The van der Waals surface area contributed by atoms with E-state index in [0.29, 0.717) is 97.7 Å². The number of anilines is 2. The van der Waals surface area contributed by atoms with Crippen LogP contribution in [0, 0.1) is 11.6 Å². The van der Waals surface area contributed by atoms with E-state index >= 15 is 0 Å². The number of likely N-dealkylation sites (tertiary alicyclic amines) is 1. The smallest absolute Gasteiger partial charge is 1.00 e. The van der Waals surface area contributed by atoms with Gasteiger partial charge >= 0.3 is 51.4 Å². The molecule has 0 unspecified atom stereocenters. The molecule has 10 rings (SSSR count). The molecule has 3 N–H and O–H groups in total. The van der Waals surface area contributed by atoms with E-state index in [2.05, 4.69) is 74.0 Å². The summed E-state index contributed by atoms with van der Waals surface area (Å²) in [7, 11) is 5.68. The topological polar surface area (TPSA) is 114 Å². The van der Waals surface area contributed by atoms with Crippen molar-refractivity contribution >= 4 is 46.1 Å². The van der Waals surface area contributed by atoms with Gasteiger partial charge < -0.3 is 54.6 Å². The normalized spacial score (nSPS) is 20.0. The van der Waals surface area contributed by atoms with Gasteiger partial charge in [-0.15, -0.1) is 11.6 Å². The third-order valence-electron chi connectivity index (χ3n) is 13.2. The summed E-state index contributed by atoms with van der Waals surface area (Å²) < 4.78 is 25.5. The molecule has 0 saturated carbocycles. The first-order valence-electron chi connectivity index (χ1n) is 23.6. The van der Waals surface area contributed by atoms with Crippen molar-refractivity contribution in [2.45, 2.75) is 82.2 Å². The van der Waals surface area contributed by atoms with Crippen molar-refractivity contribution in [2.75, 3.05) is 89.2 Å². The quantitative estimate of drug-likeness (QED) is 0.0942. The second-order valence-corrected chi connectivity index (χ2v) is 18.2. The molecule has 4 atom stereocenters. The van der Waals surface area contributed by atoms with Gasteiger partial charge in [-0.3, -0.25) is 19.2 Å². The minimum absolute atomic E-state index is 0. The molecule has 0 radical (unpaired) electrons. The minimum atomic E-state index is -0.325. The fourth-order valence-electron chi connectivity index (χ4n) is 10.1. The maximum atomic E-state index is 13.0. The molecule has 2 fully saturated rings. The fraction of sp³-hybridized carbons (Fsp3) is 0.472. The Labute approximate surface area is 466 Å². The number of halogens is 4. The van der Waals surface area contributed by atoms with Crippen LogP contribution >= 0.6 is 11.6 Å². The molecule has 0 amide bonds. The molecule has 0 bridgehead atoms. The second-order valence-electron chi connectivity index (χ2n) is 17.8. The summed E-state index contributed by atoms with van der Waals surface area (Å²) in [6.07, 6.45) is 5.79. The van der Waals surface area contributed by atoms with Crippen LogP contribution in [0.4, 0.5) is 20.2 Å². The standard InChI is InChI=1S/C24H25FN2O2.C14H16N2O.C10H10ClFO.C3H9N.C2H7N.HI.K/c25-18-8-6-16(7-9-18)23(29)5-2-11-26-12-10-22-21(15-26)20-4-1-3-17-13-19(28)14-27(22)24(17)20;17-10-6-9-2-1-3-11-12-7-15-5-4-13(12)16(8-10)14(9)11;11-7-1-2-10(13)8-3-5-9(12)6-4-8;1-3-4-2;1-3-2;;/h1,3-4,6-9,21-22H,2,5,10-15H2;1-3,12-13,15H,4-8H2;3-6H,1-2,7H2;4H,3H2,1-2H3;3H,1-2H3;1H;/q;;;;;;+1/p-1/t21-,22-;12-,13-;;;;;/m00...../s1. The van der Waals surface area contributed by atoms with Gasteiger partial charge in [0.1, 0.15) is 11.6 Å². The van der Waals surface area contributed by atoms with Crippen LogP contribution in [0.5, 0.6) is 0 Å². The van der Waals surface area contributed by atoms with Crippen molar-refractivity contribution in [3.63, 3.8) is 0 Å². The van der Waals surface area contributed by atoms with Gasteiger partial charge in [-0.05, 0) is 137 Å². The Kier molecular flexibility index (Phi) is 24.9. The Morgan fingerprint density at radius 1 is 0.721 bits per heavy atom. The van der Waals surface area contributed by atoms with Crippen LogP contribution in [-0.4, -0.2) is 119 Å². The molecular formula is C53H67ClF2IKN6O4. The van der Waals surface area contributed by atoms with E-state index in [1.54, 1.807) is 12.1 Å². The number of benzene rings is 4. The number of fused-ring (bicyclic) bond motifs is 6. The monoisotopic (exact) mass is 1090 g/mol. The predicted octanol–water partition coefficient (Wildman–Crippen LogP) is 1.77. The zero-order valence-corrected chi connectivity index (χ0v) is 46.4. The molecule has 6 aliphatic rings. The van der Waals surface area contributed by atoms with Crippen LogP contribution in [0.2, 0.25) is 0 Å². The number of para-hydroxylation sites is 2. The van der Waals surface area contributed by atoms with Crippen molar-refractivity contribution in [1.29, 1.82) is 0 Å². The number of nitrogens with zero attached hydrogens (tertiary/aromatic N) is 3. The van der Waals surface area contributed by atoms with Gasteiger partial charge in [0, 0.05) is 97.6 Å². The number of hydrogen-bond donors (Lipinski definition) is 3. The number of carbonyl (C=O) groups excluding carboxylic acids is 4. The summed E-state index contributed by atoms with van der Waals surface area (Å²) in [5, 5.41) is 9.16. The molecule has 0 spiro atoms. The molecular weight excluding hydrogens is 1020 g/mol. The molecule has 15 heteroatoms. The van der Waals surface area contributed by atoms with Gasteiger partial charge in [-0.1, -0.05) is 43.3 Å². The van der Waals surface area contributed by atoms with Gasteiger partial charge in [0.25, 0.3) is 0 Å². The maximum Gasteiger partial charge on any atom is 1.00 e. The largest absolute Gasteiger partial charge is 1.00 e. The van der Waals surface area contributed by atoms with Gasteiger partial charge in [0.15, 0.2) is 23.1 Å². The van der Waals surface area contributed by atoms with E-state index in [-0.39, 0.29) is 98.6 Å². The maximum absolute atomic E-state index is 13.0. The van der Waals surface area contributed by atoms with Gasteiger partial charge in [-0.2, -0.15) is 0 Å². The van der Waals surface area contributed by atoms with Crippen molar-refractivity contribution in [1.82, 2.24) is 20.9 Å². The van der Waals surface area contributed by atoms with Crippen molar-refractivity contribution in [3.05, 3.63) is 130 Å². The summed E-state index contributed by atoms with van der Waals surface area (Å²) in [6, 6.07) is 25.2. The summed E-state index contributed by atoms with van der Waals surface area (Å²) in [5.41, 5.74) is 9.12. The second kappa shape index (κ2) is 29.1. The van der Waals surface area contributed by atoms with Crippen LogP contribution in [0.15, 0.2) is 84.9 Å². The molecule has 4 aromatic carbocycles. The molecule has 2 saturated heterocycles. The number of nitrogens with one attached hydrogen (secondary N) is 3. The fourth-order valence-corrected chi connectivity index (χ4v) is 10.3. The Bertz CT molecular complexity index is 2270. The predicted molar refractivity (Wildman–Crippen MR) is 262 cm³/mol.